The molecule has 0 bridgehead atoms. The van der Waals surface area contributed by atoms with Gasteiger partial charge in [-0.15, -0.1) is 0 Å². The van der Waals surface area contributed by atoms with Crippen LogP contribution in [0.2, 0.25) is 0 Å². The van der Waals surface area contributed by atoms with Crippen LogP contribution in [-0.2, 0) is 14.8 Å². The van der Waals surface area contributed by atoms with Gasteiger partial charge in [-0.1, -0.05) is 6.07 Å². The molecular weight excluding hydrogens is 292 g/mol. The summed E-state index contributed by atoms with van der Waals surface area (Å²) in [5.74, 6) is 0.582. The molecule has 0 radical (unpaired) electrons. The van der Waals surface area contributed by atoms with Crippen LogP contribution in [0.3, 0.4) is 0 Å². The molecule has 1 saturated heterocycles. The van der Waals surface area contributed by atoms with E-state index in [1.807, 2.05) is 18.2 Å². The number of rotatable bonds is 5. The van der Waals surface area contributed by atoms with Crippen LogP contribution in [0.15, 0.2) is 24.4 Å². The summed E-state index contributed by atoms with van der Waals surface area (Å²) in [6.07, 6.45) is 4.62. The summed E-state index contributed by atoms with van der Waals surface area (Å²) in [7, 11) is -3.35. The zero-order valence-corrected chi connectivity index (χ0v) is 12.8. The highest BCUT2D eigenvalue weighted by Crippen LogP contribution is 2.16. The van der Waals surface area contributed by atoms with Crippen LogP contribution >= 0.6 is 0 Å². The molecule has 1 aliphatic heterocycles. The van der Waals surface area contributed by atoms with Crippen LogP contribution in [-0.4, -0.2) is 51.2 Å². The summed E-state index contributed by atoms with van der Waals surface area (Å²) in [6.45, 7) is 1.37. The molecule has 2 N–H and O–H groups in total. The summed E-state index contributed by atoms with van der Waals surface area (Å²) in [6, 6.07) is 5.74. The third-order valence-corrected chi connectivity index (χ3v) is 3.92. The van der Waals surface area contributed by atoms with Crippen molar-refractivity contribution in [3.05, 3.63) is 24.4 Å². The fourth-order valence-electron chi connectivity index (χ4n) is 2.32. The fourth-order valence-corrected chi connectivity index (χ4v) is 2.71. The summed E-state index contributed by atoms with van der Waals surface area (Å²) < 4.78 is 24.1. The van der Waals surface area contributed by atoms with E-state index in [0.29, 0.717) is 6.54 Å². The number of aromatic nitrogens is 1. The number of hydrogen-bond donors (Lipinski definition) is 2. The predicted molar refractivity (Wildman–Crippen MR) is 80.5 cm³/mol. The highest BCUT2D eigenvalue weighted by Gasteiger charge is 2.22. The maximum absolute atomic E-state index is 11.7. The van der Waals surface area contributed by atoms with Gasteiger partial charge in [-0.3, -0.25) is 4.79 Å². The van der Waals surface area contributed by atoms with E-state index in [2.05, 4.69) is 19.9 Å². The van der Waals surface area contributed by atoms with Crippen LogP contribution in [0.5, 0.6) is 0 Å². The molecule has 21 heavy (non-hydrogen) atoms. The Labute approximate surface area is 124 Å². The van der Waals surface area contributed by atoms with E-state index in [9.17, 15) is 13.2 Å². The second-order valence-electron chi connectivity index (χ2n) is 5.13. The molecule has 1 amide bonds. The summed E-state index contributed by atoms with van der Waals surface area (Å²) >= 11 is 0. The van der Waals surface area contributed by atoms with E-state index >= 15 is 0 Å². The molecule has 0 aliphatic carbocycles. The molecule has 1 aromatic rings. The Morgan fingerprint density at radius 3 is 2.95 bits per heavy atom. The molecule has 8 heteroatoms. The molecule has 0 aromatic carbocycles. The van der Waals surface area contributed by atoms with Crippen molar-refractivity contribution in [2.75, 3.05) is 30.8 Å². The molecule has 2 rings (SSSR count). The van der Waals surface area contributed by atoms with Gasteiger partial charge in [0.1, 0.15) is 5.82 Å². The lowest BCUT2D eigenvalue weighted by Gasteiger charge is -2.33. The van der Waals surface area contributed by atoms with Gasteiger partial charge in [0, 0.05) is 25.3 Å². The van der Waals surface area contributed by atoms with Gasteiger partial charge < -0.3 is 10.2 Å². The Bertz CT molecular complexity index is 576. The number of anilines is 1. The van der Waals surface area contributed by atoms with E-state index < -0.39 is 10.0 Å². The summed E-state index contributed by atoms with van der Waals surface area (Å²) in [5.41, 5.74) is 0. The first kappa shape index (κ1) is 15.7. The van der Waals surface area contributed by atoms with Gasteiger partial charge in [0.25, 0.3) is 0 Å². The van der Waals surface area contributed by atoms with E-state index in [0.717, 1.165) is 31.5 Å². The molecular formula is C13H20N4O3S. The predicted octanol–water partition coefficient (Wildman–Crippen LogP) is -0.284. The van der Waals surface area contributed by atoms with Crippen LogP contribution in [0, 0.1) is 0 Å². The molecule has 0 unspecified atom stereocenters. The zero-order valence-electron chi connectivity index (χ0n) is 11.9. The Morgan fingerprint density at radius 1 is 1.48 bits per heavy atom. The van der Waals surface area contributed by atoms with Crippen molar-refractivity contribution in [1.82, 2.24) is 15.0 Å². The molecule has 1 atom stereocenters. The Morgan fingerprint density at radius 2 is 2.29 bits per heavy atom. The SMILES string of the molecule is CS(=O)(=O)NCC(=O)N[C@@H]1CCCN(c2ccccn2)C1. The monoisotopic (exact) mass is 312 g/mol. The van der Waals surface area contributed by atoms with Gasteiger partial charge in [-0.25, -0.2) is 18.1 Å². The second-order valence-corrected chi connectivity index (χ2v) is 6.97. The average Bonchev–Trinajstić information content (AvgIpc) is 2.46. The Kier molecular flexibility index (Phi) is 5.13. The maximum atomic E-state index is 11.7. The lowest BCUT2D eigenvalue weighted by molar-refractivity contribution is -0.120. The number of amides is 1. The molecule has 1 aliphatic rings. The van der Waals surface area contributed by atoms with E-state index in [4.69, 9.17) is 0 Å². The second kappa shape index (κ2) is 6.86. The Balaban J connectivity index is 1.85. The van der Waals surface area contributed by atoms with Crippen molar-refractivity contribution < 1.29 is 13.2 Å². The third kappa shape index (κ3) is 5.31. The summed E-state index contributed by atoms with van der Waals surface area (Å²) in [4.78, 5) is 18.2. The topological polar surface area (TPSA) is 91.4 Å². The first-order valence-corrected chi connectivity index (χ1v) is 8.73. The average molecular weight is 312 g/mol. The highest BCUT2D eigenvalue weighted by atomic mass is 32.2. The highest BCUT2D eigenvalue weighted by molar-refractivity contribution is 7.88. The van der Waals surface area contributed by atoms with Crippen LogP contribution in [0.1, 0.15) is 12.8 Å². The minimum Gasteiger partial charge on any atom is -0.355 e. The fraction of sp³-hybridized carbons (Fsp3) is 0.538. The largest absolute Gasteiger partial charge is 0.355 e. The number of sulfonamides is 1. The van der Waals surface area contributed by atoms with Crippen molar-refractivity contribution >= 4 is 21.7 Å². The molecule has 2 heterocycles. The number of carbonyl (C=O) groups excluding carboxylic acids is 1. The third-order valence-electron chi connectivity index (χ3n) is 3.25. The van der Waals surface area contributed by atoms with Gasteiger partial charge in [-0.05, 0) is 25.0 Å². The molecule has 0 saturated carbocycles. The van der Waals surface area contributed by atoms with Gasteiger partial charge in [0.05, 0.1) is 12.8 Å². The van der Waals surface area contributed by atoms with Crippen LogP contribution < -0.4 is 14.9 Å². The van der Waals surface area contributed by atoms with E-state index in [1.54, 1.807) is 6.20 Å². The molecule has 7 nitrogen and oxygen atoms in total. The van der Waals surface area contributed by atoms with Crippen LogP contribution in [0.4, 0.5) is 5.82 Å². The first-order chi connectivity index (χ1) is 9.94. The molecule has 1 fully saturated rings. The van der Waals surface area contributed by atoms with Crippen molar-refractivity contribution in [3.8, 4) is 0 Å². The van der Waals surface area contributed by atoms with Crippen molar-refractivity contribution in [2.24, 2.45) is 0 Å². The quantitative estimate of drug-likeness (QED) is 0.780. The van der Waals surface area contributed by atoms with Crippen molar-refractivity contribution in [2.45, 2.75) is 18.9 Å². The maximum Gasteiger partial charge on any atom is 0.235 e. The first-order valence-electron chi connectivity index (χ1n) is 6.84. The standard InChI is InChI=1S/C13H20N4O3S/c1-21(19,20)15-9-13(18)16-11-5-4-8-17(10-11)12-6-2-3-7-14-12/h2-3,6-7,11,15H,4-5,8-10H2,1H3,(H,16,18)/t11-/m1/s1. The van der Waals surface area contributed by atoms with Crippen LogP contribution in [0.25, 0.3) is 0 Å². The smallest absolute Gasteiger partial charge is 0.235 e. The lowest BCUT2D eigenvalue weighted by Crippen LogP contribution is -2.50. The van der Waals surface area contributed by atoms with Gasteiger partial charge in [0.2, 0.25) is 15.9 Å². The molecule has 0 spiro atoms. The summed E-state index contributed by atoms with van der Waals surface area (Å²) in [5, 5.41) is 2.86. The number of carbonyl (C=O) groups is 1. The lowest BCUT2D eigenvalue weighted by atomic mass is 10.1. The number of hydrogen-bond acceptors (Lipinski definition) is 5. The van der Waals surface area contributed by atoms with Gasteiger partial charge in [0.15, 0.2) is 0 Å². The minimum atomic E-state index is -3.35. The van der Waals surface area contributed by atoms with E-state index in [1.165, 1.54) is 0 Å². The minimum absolute atomic E-state index is 0.00890. The van der Waals surface area contributed by atoms with Gasteiger partial charge >= 0.3 is 0 Å². The molecule has 1 aromatic heterocycles. The van der Waals surface area contributed by atoms with Gasteiger partial charge in [-0.2, -0.15) is 0 Å². The number of piperidine rings is 1. The zero-order chi connectivity index (χ0) is 15.3. The Hall–Kier alpha value is -1.67. The van der Waals surface area contributed by atoms with Crippen molar-refractivity contribution in [1.29, 1.82) is 0 Å². The van der Waals surface area contributed by atoms with E-state index in [-0.39, 0.29) is 18.5 Å². The normalized spacial score (nSPS) is 19.3. The number of nitrogens with one attached hydrogen (secondary N) is 2. The van der Waals surface area contributed by atoms with Crippen molar-refractivity contribution in [3.63, 3.8) is 0 Å². The molecule has 116 valence electrons. The number of nitrogens with zero attached hydrogens (tertiary/aromatic N) is 2. The number of pyridine rings is 1.